The SMILES string of the molecule is CCOC(=O)Oc1ccc(/C=C(\C#N)C(=O)Nc2ccccc2F)cc1OC. The first-order chi connectivity index (χ1) is 13.5. The van der Waals surface area contributed by atoms with Crippen molar-refractivity contribution in [3.63, 3.8) is 0 Å². The van der Waals surface area contributed by atoms with E-state index in [2.05, 4.69) is 5.32 Å². The molecule has 1 N–H and O–H groups in total. The predicted molar refractivity (Wildman–Crippen MR) is 99.3 cm³/mol. The van der Waals surface area contributed by atoms with Crippen LogP contribution >= 0.6 is 0 Å². The van der Waals surface area contributed by atoms with E-state index in [0.29, 0.717) is 5.56 Å². The Kier molecular flexibility index (Phi) is 7.11. The summed E-state index contributed by atoms with van der Waals surface area (Å²) in [5, 5.41) is 11.6. The first kappa shape index (κ1) is 20.5. The molecular weight excluding hydrogens is 367 g/mol. The van der Waals surface area contributed by atoms with Crippen molar-refractivity contribution in [2.24, 2.45) is 0 Å². The lowest BCUT2D eigenvalue weighted by atomic mass is 10.1. The van der Waals surface area contributed by atoms with Crippen LogP contribution in [0.25, 0.3) is 6.08 Å². The van der Waals surface area contributed by atoms with Crippen LogP contribution in [-0.4, -0.2) is 25.8 Å². The lowest BCUT2D eigenvalue weighted by molar-refractivity contribution is -0.112. The van der Waals surface area contributed by atoms with Gasteiger partial charge >= 0.3 is 6.16 Å². The number of carbonyl (C=O) groups excluding carboxylic acids is 2. The van der Waals surface area contributed by atoms with Gasteiger partial charge in [-0.25, -0.2) is 9.18 Å². The van der Waals surface area contributed by atoms with E-state index in [-0.39, 0.29) is 29.4 Å². The molecule has 8 heteroatoms. The van der Waals surface area contributed by atoms with Crippen LogP contribution in [0.3, 0.4) is 0 Å². The van der Waals surface area contributed by atoms with Crippen LogP contribution < -0.4 is 14.8 Å². The first-order valence-electron chi connectivity index (χ1n) is 8.18. The molecule has 0 radical (unpaired) electrons. The average Bonchev–Trinajstić information content (AvgIpc) is 2.68. The molecule has 0 aliphatic carbocycles. The van der Waals surface area contributed by atoms with Gasteiger partial charge in [0.1, 0.15) is 17.5 Å². The number of ether oxygens (including phenoxy) is 3. The van der Waals surface area contributed by atoms with Crippen LogP contribution in [0.15, 0.2) is 48.0 Å². The Bertz CT molecular complexity index is 950. The molecule has 0 spiro atoms. The Hall–Kier alpha value is -3.86. The quantitative estimate of drug-likeness (QED) is 0.351. The number of halogens is 1. The minimum absolute atomic E-state index is 0.0376. The second-order valence-electron chi connectivity index (χ2n) is 5.30. The minimum Gasteiger partial charge on any atom is -0.493 e. The maximum absolute atomic E-state index is 13.7. The summed E-state index contributed by atoms with van der Waals surface area (Å²) in [5.74, 6) is -1.06. The van der Waals surface area contributed by atoms with Crippen molar-refractivity contribution in [2.75, 3.05) is 19.0 Å². The van der Waals surface area contributed by atoms with E-state index in [0.717, 1.165) is 0 Å². The van der Waals surface area contributed by atoms with Crippen molar-refractivity contribution >= 4 is 23.8 Å². The number of para-hydroxylation sites is 1. The summed E-state index contributed by atoms with van der Waals surface area (Å²) >= 11 is 0. The highest BCUT2D eigenvalue weighted by Gasteiger charge is 2.14. The zero-order valence-electron chi connectivity index (χ0n) is 15.2. The summed E-state index contributed by atoms with van der Waals surface area (Å²) in [7, 11) is 1.37. The van der Waals surface area contributed by atoms with E-state index in [1.165, 1.54) is 49.6 Å². The molecule has 0 aromatic heterocycles. The summed E-state index contributed by atoms with van der Waals surface area (Å²) in [5.41, 5.74) is 0.155. The van der Waals surface area contributed by atoms with Crippen LogP contribution in [0.5, 0.6) is 11.5 Å². The van der Waals surface area contributed by atoms with Gasteiger partial charge in [0.25, 0.3) is 5.91 Å². The van der Waals surface area contributed by atoms with E-state index in [9.17, 15) is 19.2 Å². The number of anilines is 1. The van der Waals surface area contributed by atoms with Gasteiger partial charge in [-0.1, -0.05) is 18.2 Å². The van der Waals surface area contributed by atoms with Crippen molar-refractivity contribution in [1.82, 2.24) is 0 Å². The zero-order chi connectivity index (χ0) is 20.5. The molecule has 0 saturated heterocycles. The van der Waals surface area contributed by atoms with Crippen LogP contribution in [0.1, 0.15) is 12.5 Å². The Balaban J connectivity index is 2.23. The molecular formula is C20H17FN2O5. The zero-order valence-corrected chi connectivity index (χ0v) is 15.2. The molecule has 0 aliphatic heterocycles. The summed E-state index contributed by atoms with van der Waals surface area (Å²) in [6.07, 6.45) is 0.415. The first-order valence-corrected chi connectivity index (χ1v) is 8.18. The van der Waals surface area contributed by atoms with E-state index in [1.54, 1.807) is 19.1 Å². The van der Waals surface area contributed by atoms with Crippen LogP contribution in [0.4, 0.5) is 14.9 Å². The molecule has 0 fully saturated rings. The van der Waals surface area contributed by atoms with Crippen molar-refractivity contribution in [1.29, 1.82) is 5.26 Å². The van der Waals surface area contributed by atoms with Crippen molar-refractivity contribution in [3.05, 3.63) is 59.4 Å². The molecule has 0 heterocycles. The molecule has 0 bridgehead atoms. The van der Waals surface area contributed by atoms with Crippen molar-refractivity contribution in [2.45, 2.75) is 6.92 Å². The van der Waals surface area contributed by atoms with Gasteiger partial charge in [-0.05, 0) is 42.8 Å². The van der Waals surface area contributed by atoms with Crippen LogP contribution in [0, 0.1) is 17.1 Å². The number of nitrogens with zero attached hydrogens (tertiary/aromatic N) is 1. The Morgan fingerprint density at radius 1 is 1.21 bits per heavy atom. The van der Waals surface area contributed by atoms with Crippen molar-refractivity contribution in [3.8, 4) is 17.6 Å². The molecule has 2 aromatic rings. The van der Waals surface area contributed by atoms with E-state index < -0.39 is 17.9 Å². The standard InChI is InChI=1S/C20H17FN2O5/c1-3-27-20(25)28-17-9-8-13(11-18(17)26-2)10-14(12-22)19(24)23-16-7-5-4-6-15(16)21/h4-11H,3H2,1-2H3,(H,23,24)/b14-10+. The predicted octanol–water partition coefficient (Wildman–Crippen LogP) is 3.92. The number of methoxy groups -OCH3 is 1. The van der Waals surface area contributed by atoms with Gasteiger partial charge in [0.2, 0.25) is 0 Å². The van der Waals surface area contributed by atoms with Crippen LogP contribution in [-0.2, 0) is 9.53 Å². The van der Waals surface area contributed by atoms with Gasteiger partial charge in [-0.15, -0.1) is 0 Å². The largest absolute Gasteiger partial charge is 0.513 e. The van der Waals surface area contributed by atoms with Gasteiger partial charge in [0.05, 0.1) is 19.4 Å². The molecule has 0 atom stereocenters. The maximum atomic E-state index is 13.7. The molecule has 0 saturated carbocycles. The Labute approximate surface area is 160 Å². The minimum atomic E-state index is -0.883. The maximum Gasteiger partial charge on any atom is 0.513 e. The van der Waals surface area contributed by atoms with Gasteiger partial charge in [0.15, 0.2) is 11.5 Å². The van der Waals surface area contributed by atoms with Gasteiger partial charge in [0, 0.05) is 0 Å². The third kappa shape index (κ3) is 5.32. The van der Waals surface area contributed by atoms with Crippen LogP contribution in [0.2, 0.25) is 0 Å². The Morgan fingerprint density at radius 3 is 2.61 bits per heavy atom. The summed E-state index contributed by atoms with van der Waals surface area (Å²) in [6, 6.07) is 11.8. The number of hydrogen-bond donors (Lipinski definition) is 1. The summed E-state index contributed by atoms with van der Waals surface area (Å²) in [6.45, 7) is 1.80. The topological polar surface area (TPSA) is 97.7 Å². The lowest BCUT2D eigenvalue weighted by Crippen LogP contribution is -2.14. The Morgan fingerprint density at radius 2 is 1.96 bits per heavy atom. The third-order valence-corrected chi connectivity index (χ3v) is 3.44. The molecule has 0 unspecified atom stereocenters. The number of nitriles is 1. The fourth-order valence-corrected chi connectivity index (χ4v) is 2.16. The molecule has 7 nitrogen and oxygen atoms in total. The molecule has 144 valence electrons. The third-order valence-electron chi connectivity index (χ3n) is 3.44. The normalized spacial score (nSPS) is 10.6. The molecule has 1 amide bonds. The van der Waals surface area contributed by atoms with Gasteiger partial charge in [-0.2, -0.15) is 5.26 Å². The second-order valence-corrected chi connectivity index (χ2v) is 5.30. The highest BCUT2D eigenvalue weighted by Crippen LogP contribution is 2.29. The molecule has 2 rings (SSSR count). The van der Waals surface area contributed by atoms with Gasteiger partial charge in [-0.3, -0.25) is 4.79 Å². The number of nitrogens with one attached hydrogen (secondary N) is 1. The fourth-order valence-electron chi connectivity index (χ4n) is 2.16. The number of carbonyl (C=O) groups is 2. The van der Waals surface area contributed by atoms with E-state index in [4.69, 9.17) is 14.2 Å². The van der Waals surface area contributed by atoms with Gasteiger partial charge < -0.3 is 19.5 Å². The smallest absolute Gasteiger partial charge is 0.493 e. The summed E-state index contributed by atoms with van der Waals surface area (Å²) < 4.78 is 28.5. The molecule has 2 aromatic carbocycles. The average molecular weight is 384 g/mol. The van der Waals surface area contributed by atoms with Crippen molar-refractivity contribution < 1.29 is 28.2 Å². The second kappa shape index (κ2) is 9.73. The number of benzene rings is 2. The lowest BCUT2D eigenvalue weighted by Gasteiger charge is -2.10. The van der Waals surface area contributed by atoms with E-state index in [1.807, 2.05) is 0 Å². The highest BCUT2D eigenvalue weighted by molar-refractivity contribution is 6.09. The van der Waals surface area contributed by atoms with E-state index >= 15 is 0 Å². The summed E-state index contributed by atoms with van der Waals surface area (Å²) in [4.78, 5) is 23.7. The monoisotopic (exact) mass is 384 g/mol. The molecule has 28 heavy (non-hydrogen) atoms. The fraction of sp³-hybridized carbons (Fsp3) is 0.150. The highest BCUT2D eigenvalue weighted by atomic mass is 19.1. The molecule has 0 aliphatic rings. The number of amides is 1. The number of hydrogen-bond acceptors (Lipinski definition) is 6. The number of rotatable bonds is 6.